The molecular weight excluding hydrogens is 482 g/mol. The molecule has 0 aliphatic heterocycles. The molecule has 0 amide bonds. The summed E-state index contributed by atoms with van der Waals surface area (Å²) < 4.78 is 0. The molecule has 2 heterocycles. The van der Waals surface area contributed by atoms with E-state index in [1.54, 1.807) is 30.5 Å². The third-order valence-electron chi connectivity index (χ3n) is 3.52. The second-order valence-corrected chi connectivity index (χ2v) is 6.79. The van der Waals surface area contributed by atoms with E-state index in [0.29, 0.717) is 31.9 Å². The summed E-state index contributed by atoms with van der Waals surface area (Å²) in [6.07, 6.45) is 3.12. The first kappa shape index (κ1) is 21.8. The molecule has 1 radical (unpaired) electrons. The SMILES string of the molecule is Oc1c(Cl)cc(Cl)c2cccnc12.[Cu+2].[O-]c1c(Cl)cc(Cl)c2cccnc12. The van der Waals surface area contributed by atoms with Gasteiger partial charge in [0, 0.05) is 28.2 Å². The summed E-state index contributed by atoms with van der Waals surface area (Å²) >= 11 is 23.1. The summed E-state index contributed by atoms with van der Waals surface area (Å²) in [5.41, 5.74) is 0.750. The van der Waals surface area contributed by atoms with Gasteiger partial charge in [0.1, 0.15) is 5.52 Å². The molecule has 1 N–H and O–H groups in total. The third-order valence-corrected chi connectivity index (χ3v) is 4.71. The fraction of sp³-hybridized carbons (Fsp3) is 0. The first-order valence-electron chi connectivity index (χ1n) is 7.21. The fourth-order valence-electron chi connectivity index (χ4n) is 2.30. The van der Waals surface area contributed by atoms with Crippen molar-refractivity contribution in [1.29, 1.82) is 0 Å². The number of hydrogen-bond acceptors (Lipinski definition) is 4. The molecular formula is C18H9Cl4CuN2O2+. The predicted molar refractivity (Wildman–Crippen MR) is 105 cm³/mol. The third kappa shape index (κ3) is 4.52. The van der Waals surface area contributed by atoms with Crippen LogP contribution in [0.2, 0.25) is 20.1 Å². The van der Waals surface area contributed by atoms with Gasteiger partial charge in [0.15, 0.2) is 5.75 Å². The minimum absolute atomic E-state index is 0. The number of halogens is 4. The average Bonchev–Trinajstić information content (AvgIpc) is 2.65. The van der Waals surface area contributed by atoms with E-state index in [1.165, 1.54) is 18.3 Å². The number of nitrogens with zero attached hydrogens (tertiary/aromatic N) is 2. The van der Waals surface area contributed by atoms with Crippen LogP contribution in [0.4, 0.5) is 0 Å². The van der Waals surface area contributed by atoms with Gasteiger partial charge >= 0.3 is 17.1 Å². The van der Waals surface area contributed by atoms with Gasteiger partial charge in [0.25, 0.3) is 0 Å². The first-order valence-corrected chi connectivity index (χ1v) is 8.72. The molecule has 27 heavy (non-hydrogen) atoms. The second-order valence-electron chi connectivity index (χ2n) is 5.16. The zero-order valence-electron chi connectivity index (χ0n) is 13.2. The van der Waals surface area contributed by atoms with Crippen LogP contribution in [0.5, 0.6) is 11.5 Å². The Morgan fingerprint density at radius 2 is 1.22 bits per heavy atom. The summed E-state index contributed by atoms with van der Waals surface area (Å²) in [6.45, 7) is 0. The van der Waals surface area contributed by atoms with Crippen molar-refractivity contribution in [1.82, 2.24) is 9.97 Å². The van der Waals surface area contributed by atoms with Crippen LogP contribution in [0, 0.1) is 0 Å². The molecule has 0 fully saturated rings. The minimum Gasteiger partial charge on any atom is -0.870 e. The molecule has 4 aromatic rings. The molecule has 2 aromatic carbocycles. The maximum absolute atomic E-state index is 11.4. The predicted octanol–water partition coefficient (Wildman–Crippen LogP) is 5.86. The molecule has 0 spiro atoms. The first-order chi connectivity index (χ1) is 12.4. The quantitative estimate of drug-likeness (QED) is 0.314. The van der Waals surface area contributed by atoms with Gasteiger partial charge in [0.05, 0.1) is 20.6 Å². The number of phenolic OH excluding ortho intramolecular Hbond substituents is 1. The Hall–Kier alpha value is -1.46. The molecule has 0 saturated heterocycles. The van der Waals surface area contributed by atoms with Crippen LogP contribution in [0.1, 0.15) is 0 Å². The molecule has 4 rings (SSSR count). The van der Waals surface area contributed by atoms with E-state index in [0.717, 1.165) is 0 Å². The van der Waals surface area contributed by atoms with Gasteiger partial charge in [-0.15, -0.1) is 0 Å². The van der Waals surface area contributed by atoms with Gasteiger partial charge in [-0.1, -0.05) is 52.2 Å². The van der Waals surface area contributed by atoms with E-state index in [1.807, 2.05) is 0 Å². The number of rotatable bonds is 0. The summed E-state index contributed by atoms with van der Waals surface area (Å²) in [5, 5.41) is 23.6. The number of fused-ring (bicyclic) bond motifs is 2. The molecule has 0 aliphatic rings. The topological polar surface area (TPSA) is 69.1 Å². The van der Waals surface area contributed by atoms with Crippen LogP contribution in [0.15, 0.2) is 48.8 Å². The van der Waals surface area contributed by atoms with Crippen LogP contribution in [0.3, 0.4) is 0 Å². The van der Waals surface area contributed by atoms with Crippen LogP contribution in [-0.2, 0) is 17.1 Å². The summed E-state index contributed by atoms with van der Waals surface area (Å²) in [6, 6.07) is 9.93. The van der Waals surface area contributed by atoms with Gasteiger partial charge in [-0.25, -0.2) is 0 Å². The Morgan fingerprint density at radius 3 is 1.81 bits per heavy atom. The van der Waals surface area contributed by atoms with Crippen molar-refractivity contribution in [2.24, 2.45) is 0 Å². The van der Waals surface area contributed by atoms with E-state index in [-0.39, 0.29) is 38.6 Å². The molecule has 4 nitrogen and oxygen atoms in total. The number of phenols is 1. The molecule has 2 aromatic heterocycles. The van der Waals surface area contributed by atoms with Crippen LogP contribution >= 0.6 is 46.4 Å². The fourth-order valence-corrected chi connectivity index (χ4v) is 3.34. The maximum Gasteiger partial charge on any atom is 2.00 e. The van der Waals surface area contributed by atoms with Crippen LogP contribution < -0.4 is 5.11 Å². The van der Waals surface area contributed by atoms with Crippen LogP contribution in [-0.4, -0.2) is 15.1 Å². The molecule has 0 unspecified atom stereocenters. The van der Waals surface area contributed by atoms with Crippen molar-refractivity contribution >= 4 is 68.2 Å². The summed E-state index contributed by atoms with van der Waals surface area (Å²) in [7, 11) is 0. The number of aromatic hydroxyl groups is 1. The molecule has 0 atom stereocenters. The zero-order valence-corrected chi connectivity index (χ0v) is 17.1. The van der Waals surface area contributed by atoms with Gasteiger partial charge in [-0.3, -0.25) is 9.97 Å². The monoisotopic (exact) mass is 488 g/mol. The van der Waals surface area contributed by atoms with Gasteiger partial charge in [-0.05, 0) is 36.4 Å². The van der Waals surface area contributed by atoms with Crippen molar-refractivity contribution in [3.63, 3.8) is 0 Å². The smallest absolute Gasteiger partial charge is 0.870 e. The second kappa shape index (κ2) is 9.15. The number of hydrogen-bond donors (Lipinski definition) is 1. The zero-order chi connectivity index (χ0) is 18.8. The molecule has 0 bridgehead atoms. The Labute approximate surface area is 185 Å². The Balaban J connectivity index is 0.000000187. The van der Waals surface area contributed by atoms with Gasteiger partial charge < -0.3 is 10.2 Å². The van der Waals surface area contributed by atoms with Gasteiger partial charge in [-0.2, -0.15) is 0 Å². The van der Waals surface area contributed by atoms with E-state index >= 15 is 0 Å². The summed E-state index contributed by atoms with van der Waals surface area (Å²) in [4.78, 5) is 7.90. The van der Waals surface area contributed by atoms with Gasteiger partial charge in [0.2, 0.25) is 0 Å². The Bertz CT molecular complexity index is 1040. The number of pyridine rings is 2. The van der Waals surface area contributed by atoms with Crippen LogP contribution in [0.25, 0.3) is 21.8 Å². The molecule has 0 aliphatic carbocycles. The largest absolute Gasteiger partial charge is 2.00 e. The maximum atomic E-state index is 11.4. The average molecular weight is 491 g/mol. The Kier molecular flexibility index (Phi) is 7.40. The van der Waals surface area contributed by atoms with E-state index in [9.17, 15) is 10.2 Å². The summed E-state index contributed by atoms with van der Waals surface area (Å²) in [5.74, 6) is -0.302. The molecule has 141 valence electrons. The van der Waals surface area contributed by atoms with Crippen molar-refractivity contribution in [3.05, 3.63) is 68.9 Å². The number of benzene rings is 2. The molecule has 9 heteroatoms. The standard InChI is InChI=1S/2C9H5Cl2NO.Cu/c2*10-6-4-7(11)9(13)8-5(6)2-1-3-12-8;/h2*1-4,13H;/q;;+2/p-1. The van der Waals surface area contributed by atoms with Crippen molar-refractivity contribution in [3.8, 4) is 11.5 Å². The normalized spacial score (nSPS) is 10.2. The molecule has 0 saturated carbocycles. The minimum atomic E-state index is -0.276. The van der Waals surface area contributed by atoms with Crippen molar-refractivity contribution in [2.75, 3.05) is 0 Å². The number of aromatic nitrogens is 2. The van der Waals surface area contributed by atoms with E-state index < -0.39 is 0 Å². The van der Waals surface area contributed by atoms with E-state index in [2.05, 4.69) is 9.97 Å². The van der Waals surface area contributed by atoms with Crippen molar-refractivity contribution in [2.45, 2.75) is 0 Å². The Morgan fingerprint density at radius 1 is 0.741 bits per heavy atom. The van der Waals surface area contributed by atoms with E-state index in [4.69, 9.17) is 46.4 Å². The van der Waals surface area contributed by atoms with Crippen molar-refractivity contribution < 1.29 is 27.3 Å².